The number of hydrogen-bond donors (Lipinski definition) is 3. The van der Waals surface area contributed by atoms with E-state index in [1.807, 2.05) is 0 Å². The number of allylic oxidation sites excluding steroid dienone is 4. The highest BCUT2D eigenvalue weighted by Crippen LogP contribution is 2.45. The van der Waals surface area contributed by atoms with Crippen molar-refractivity contribution in [3.8, 4) is 0 Å². The predicted octanol–water partition coefficient (Wildman–Crippen LogP) is 17.3. The number of phosphoric ester groups is 2. The number of rotatable bonds is 62. The van der Waals surface area contributed by atoms with Crippen molar-refractivity contribution in [2.24, 2.45) is 5.92 Å². The molecule has 0 spiro atoms. The standard InChI is InChI=1S/C64H120O17P2/c1-6-9-12-15-17-18-19-20-21-24-27-30-34-38-43-48-62(67)75-54-60(81-64(69)50-45-40-35-31-28-25-22-23-26-29-33-37-41-46-57(4)5)56-79-83(72,73)77-52-58(65)51-76-82(70,71)78-55-59(53-74-61(66)47-42-36-14-11-8-3)80-63(68)49-44-39-32-16-13-10-7-2/h18-21,57-60,65H,6-17,22-56H2,1-5H3,(H,70,71)(H,72,73)/b19-18-,21-20-/t58-,59+,60+/m0/s1. The monoisotopic (exact) mass is 1220 g/mol. The Bertz CT molecular complexity index is 1710. The maximum absolute atomic E-state index is 13.0. The lowest BCUT2D eigenvalue weighted by atomic mass is 10.0. The van der Waals surface area contributed by atoms with Crippen LogP contribution in [0.4, 0.5) is 0 Å². The molecular formula is C64H120O17P2. The fraction of sp³-hybridized carbons (Fsp3) is 0.875. The summed E-state index contributed by atoms with van der Waals surface area (Å²) in [5, 5.41) is 10.5. The molecule has 0 aliphatic rings. The van der Waals surface area contributed by atoms with Crippen LogP contribution in [0.5, 0.6) is 0 Å². The van der Waals surface area contributed by atoms with Crippen LogP contribution in [0.25, 0.3) is 0 Å². The first kappa shape index (κ1) is 80.5. The highest BCUT2D eigenvalue weighted by Gasteiger charge is 2.30. The molecule has 0 aliphatic heterocycles. The Morgan fingerprint density at radius 2 is 0.651 bits per heavy atom. The van der Waals surface area contributed by atoms with E-state index in [1.165, 1.54) is 83.5 Å². The molecule has 0 saturated carbocycles. The zero-order chi connectivity index (χ0) is 61.3. The van der Waals surface area contributed by atoms with Gasteiger partial charge in [-0.25, -0.2) is 9.13 Å². The van der Waals surface area contributed by atoms with Crippen molar-refractivity contribution in [1.29, 1.82) is 0 Å². The summed E-state index contributed by atoms with van der Waals surface area (Å²) in [6, 6.07) is 0. The molecule has 488 valence electrons. The molecule has 19 heteroatoms. The third-order valence-electron chi connectivity index (χ3n) is 14.2. The largest absolute Gasteiger partial charge is 0.472 e. The van der Waals surface area contributed by atoms with Crippen molar-refractivity contribution < 1.29 is 80.2 Å². The fourth-order valence-electron chi connectivity index (χ4n) is 9.04. The Hall–Kier alpha value is -2.46. The molecule has 0 fully saturated rings. The molecule has 17 nitrogen and oxygen atoms in total. The molecule has 83 heavy (non-hydrogen) atoms. The second kappa shape index (κ2) is 57.3. The maximum atomic E-state index is 13.0. The summed E-state index contributed by atoms with van der Waals surface area (Å²) in [4.78, 5) is 71.8. The van der Waals surface area contributed by atoms with Gasteiger partial charge in [0, 0.05) is 25.7 Å². The van der Waals surface area contributed by atoms with Crippen LogP contribution in [-0.4, -0.2) is 96.7 Å². The van der Waals surface area contributed by atoms with Crippen molar-refractivity contribution in [1.82, 2.24) is 0 Å². The van der Waals surface area contributed by atoms with E-state index in [1.54, 1.807) is 0 Å². The van der Waals surface area contributed by atoms with Crippen LogP contribution in [0.1, 0.15) is 298 Å². The second-order valence-electron chi connectivity index (χ2n) is 22.9. The molecule has 2 unspecified atom stereocenters. The van der Waals surface area contributed by atoms with Crippen LogP contribution < -0.4 is 0 Å². The van der Waals surface area contributed by atoms with Gasteiger partial charge in [0.1, 0.15) is 19.3 Å². The van der Waals surface area contributed by atoms with Crippen LogP contribution in [-0.2, 0) is 65.4 Å². The second-order valence-corrected chi connectivity index (χ2v) is 25.8. The van der Waals surface area contributed by atoms with E-state index >= 15 is 0 Å². The zero-order valence-electron chi connectivity index (χ0n) is 52.8. The van der Waals surface area contributed by atoms with Gasteiger partial charge in [0.05, 0.1) is 26.4 Å². The first-order valence-electron chi connectivity index (χ1n) is 33.0. The van der Waals surface area contributed by atoms with Crippen molar-refractivity contribution >= 4 is 39.5 Å². The van der Waals surface area contributed by atoms with Crippen molar-refractivity contribution in [3.05, 3.63) is 24.3 Å². The topological polar surface area (TPSA) is 237 Å². The Balaban J connectivity index is 5.18. The molecule has 5 atom stereocenters. The van der Waals surface area contributed by atoms with Gasteiger partial charge in [-0.15, -0.1) is 0 Å². The normalized spacial score (nSPS) is 14.4. The Labute approximate surface area is 503 Å². The number of aliphatic hydroxyl groups is 1. The minimum absolute atomic E-state index is 0.100. The van der Waals surface area contributed by atoms with E-state index < -0.39 is 97.5 Å². The predicted molar refractivity (Wildman–Crippen MR) is 331 cm³/mol. The molecule has 0 aromatic carbocycles. The highest BCUT2D eigenvalue weighted by molar-refractivity contribution is 7.47. The van der Waals surface area contributed by atoms with Gasteiger partial charge in [-0.1, -0.05) is 245 Å². The first-order valence-corrected chi connectivity index (χ1v) is 35.9. The molecule has 0 saturated heterocycles. The molecule has 3 N–H and O–H groups in total. The summed E-state index contributed by atoms with van der Waals surface area (Å²) in [7, 11) is -9.88. The number of hydrogen-bond acceptors (Lipinski definition) is 15. The Kier molecular flexibility index (Phi) is 55.6. The van der Waals surface area contributed by atoms with E-state index in [0.717, 1.165) is 134 Å². The fourth-order valence-corrected chi connectivity index (χ4v) is 10.6. The van der Waals surface area contributed by atoms with E-state index in [0.29, 0.717) is 25.7 Å². The molecule has 0 heterocycles. The van der Waals surface area contributed by atoms with Crippen LogP contribution in [0.15, 0.2) is 24.3 Å². The number of phosphoric acid groups is 2. The van der Waals surface area contributed by atoms with E-state index in [4.69, 9.17) is 37.0 Å². The molecule has 0 aliphatic carbocycles. The smallest absolute Gasteiger partial charge is 0.462 e. The van der Waals surface area contributed by atoms with Gasteiger partial charge in [-0.05, 0) is 57.3 Å². The van der Waals surface area contributed by atoms with Crippen LogP contribution >= 0.6 is 15.6 Å². The Morgan fingerprint density at radius 3 is 0.988 bits per heavy atom. The van der Waals surface area contributed by atoms with Gasteiger partial charge in [0.15, 0.2) is 12.2 Å². The summed E-state index contributed by atoms with van der Waals surface area (Å²) in [6.45, 7) is 7.01. The van der Waals surface area contributed by atoms with E-state index in [-0.39, 0.29) is 25.7 Å². The van der Waals surface area contributed by atoms with Gasteiger partial charge in [0.25, 0.3) is 0 Å². The molecule has 0 amide bonds. The minimum atomic E-state index is -4.95. The lowest BCUT2D eigenvalue weighted by Crippen LogP contribution is -2.30. The molecule has 0 rings (SSSR count). The number of unbranched alkanes of at least 4 members (excludes halogenated alkanes) is 31. The average molecular weight is 1220 g/mol. The van der Waals surface area contributed by atoms with Crippen LogP contribution in [0, 0.1) is 5.92 Å². The summed E-state index contributed by atoms with van der Waals surface area (Å²) in [6.07, 6.45) is 44.4. The third-order valence-corrected chi connectivity index (χ3v) is 16.1. The summed E-state index contributed by atoms with van der Waals surface area (Å²) in [5.41, 5.74) is 0. The number of esters is 4. The van der Waals surface area contributed by atoms with Crippen molar-refractivity contribution in [2.75, 3.05) is 39.6 Å². The van der Waals surface area contributed by atoms with Gasteiger partial charge in [-0.2, -0.15) is 0 Å². The molecule has 0 radical (unpaired) electrons. The van der Waals surface area contributed by atoms with Gasteiger partial charge in [0.2, 0.25) is 0 Å². The van der Waals surface area contributed by atoms with Gasteiger partial charge < -0.3 is 33.8 Å². The lowest BCUT2D eigenvalue weighted by Gasteiger charge is -2.21. The highest BCUT2D eigenvalue weighted by atomic mass is 31.2. The number of carbonyl (C=O) groups is 4. The van der Waals surface area contributed by atoms with Crippen molar-refractivity contribution in [2.45, 2.75) is 316 Å². The quantitative estimate of drug-likeness (QED) is 0.0169. The SMILES string of the molecule is CCCCCC/C=C\C=C/CCCCCCCC(=O)OC[C@H](COP(=O)(O)OC[C@@H](O)COP(=O)(O)OC[C@@H](COC(=O)CCCCCCC)OC(=O)CCCCCCCCC)OC(=O)CCCCCCCCCCCCCCCC(C)C. The number of carbonyl (C=O) groups excluding carboxylic acids is 4. The third kappa shape index (κ3) is 58.3. The Morgan fingerprint density at radius 1 is 0.373 bits per heavy atom. The number of aliphatic hydroxyl groups excluding tert-OH is 1. The lowest BCUT2D eigenvalue weighted by molar-refractivity contribution is -0.161. The first-order chi connectivity index (χ1) is 40.0. The van der Waals surface area contributed by atoms with E-state index in [9.17, 15) is 43.2 Å². The van der Waals surface area contributed by atoms with Gasteiger partial charge in [-0.3, -0.25) is 37.3 Å². The minimum Gasteiger partial charge on any atom is -0.462 e. The summed E-state index contributed by atoms with van der Waals surface area (Å²) in [5.74, 6) is -1.39. The molecule has 0 aromatic rings. The maximum Gasteiger partial charge on any atom is 0.472 e. The number of ether oxygens (including phenoxy) is 4. The molecule has 0 aromatic heterocycles. The van der Waals surface area contributed by atoms with Crippen LogP contribution in [0.2, 0.25) is 0 Å². The van der Waals surface area contributed by atoms with Crippen LogP contribution in [0.3, 0.4) is 0 Å². The zero-order valence-corrected chi connectivity index (χ0v) is 54.6. The van der Waals surface area contributed by atoms with Gasteiger partial charge >= 0.3 is 39.5 Å². The average Bonchev–Trinajstić information content (AvgIpc) is 3.47. The summed E-state index contributed by atoms with van der Waals surface area (Å²) >= 11 is 0. The van der Waals surface area contributed by atoms with Crippen molar-refractivity contribution in [3.63, 3.8) is 0 Å². The summed E-state index contributed by atoms with van der Waals surface area (Å²) < 4.78 is 67.6. The molecular weight excluding hydrogens is 1100 g/mol. The van der Waals surface area contributed by atoms with E-state index in [2.05, 4.69) is 58.9 Å². The molecule has 0 bridgehead atoms.